The topological polar surface area (TPSA) is 97.1 Å². The summed E-state index contributed by atoms with van der Waals surface area (Å²) in [6.07, 6.45) is 1.53. The number of rotatable bonds is 5. The van der Waals surface area contributed by atoms with E-state index in [9.17, 15) is 9.59 Å². The number of hydrogen-bond donors (Lipinski definition) is 2. The van der Waals surface area contributed by atoms with Crippen molar-refractivity contribution >= 4 is 39.1 Å². The summed E-state index contributed by atoms with van der Waals surface area (Å²) in [5.74, 6) is -1.15. The van der Waals surface area contributed by atoms with E-state index in [-0.39, 0.29) is 18.9 Å². The molecule has 7 nitrogen and oxygen atoms in total. The number of anilines is 1. The number of aryl methyl sites for hydroxylation is 2. The fraction of sp³-hybridized carbons (Fsp3) is 0.250. The van der Waals surface area contributed by atoms with Gasteiger partial charge >= 0.3 is 5.97 Å². The van der Waals surface area contributed by atoms with E-state index in [2.05, 4.69) is 15.4 Å². The molecule has 0 spiro atoms. The van der Waals surface area contributed by atoms with Gasteiger partial charge in [-0.25, -0.2) is 0 Å². The largest absolute Gasteiger partial charge is 0.481 e. The average molecular weight is 344 g/mol. The first-order valence-electron chi connectivity index (χ1n) is 7.36. The number of carbonyl (C=O) groups excluding carboxylic acids is 1. The summed E-state index contributed by atoms with van der Waals surface area (Å²) in [6.45, 7) is 3.85. The summed E-state index contributed by atoms with van der Waals surface area (Å²) >= 11 is 1.53. The SMILES string of the molecule is Cc1nn(CCC(=O)O)c(C)c1NC(=O)c1cnc2ccsc2c1. The molecule has 0 unspecified atom stereocenters. The molecule has 2 N–H and O–H groups in total. The highest BCUT2D eigenvalue weighted by atomic mass is 32.1. The number of hydrogen-bond acceptors (Lipinski definition) is 5. The van der Waals surface area contributed by atoms with Gasteiger partial charge in [-0.05, 0) is 31.4 Å². The monoisotopic (exact) mass is 344 g/mol. The quantitative estimate of drug-likeness (QED) is 0.742. The third-order valence-corrected chi connectivity index (χ3v) is 4.58. The first-order valence-corrected chi connectivity index (χ1v) is 8.24. The lowest BCUT2D eigenvalue weighted by atomic mass is 10.2. The summed E-state index contributed by atoms with van der Waals surface area (Å²) < 4.78 is 2.55. The van der Waals surface area contributed by atoms with Crippen LogP contribution in [0, 0.1) is 13.8 Å². The second-order valence-corrected chi connectivity index (χ2v) is 6.34. The molecule has 0 saturated heterocycles. The number of nitrogens with zero attached hydrogens (tertiary/aromatic N) is 3. The Morgan fingerprint density at radius 1 is 1.38 bits per heavy atom. The molecule has 24 heavy (non-hydrogen) atoms. The predicted octanol–water partition coefficient (Wildman–Crippen LogP) is 2.84. The number of aliphatic carboxylic acids is 1. The van der Waals surface area contributed by atoms with E-state index in [0.717, 1.165) is 15.9 Å². The van der Waals surface area contributed by atoms with Crippen molar-refractivity contribution < 1.29 is 14.7 Å². The Labute approximate surface area is 141 Å². The lowest BCUT2D eigenvalue weighted by molar-refractivity contribution is -0.137. The van der Waals surface area contributed by atoms with E-state index in [1.807, 2.05) is 17.5 Å². The lowest BCUT2D eigenvalue weighted by Gasteiger charge is -2.06. The molecular weight excluding hydrogens is 328 g/mol. The van der Waals surface area contributed by atoms with Gasteiger partial charge in [0.15, 0.2) is 0 Å². The molecule has 0 atom stereocenters. The van der Waals surface area contributed by atoms with Gasteiger partial charge in [-0.15, -0.1) is 11.3 Å². The molecule has 3 aromatic rings. The maximum atomic E-state index is 12.5. The fourth-order valence-electron chi connectivity index (χ4n) is 2.45. The number of thiophene rings is 1. The van der Waals surface area contributed by atoms with Gasteiger partial charge in [0.05, 0.1) is 45.8 Å². The van der Waals surface area contributed by atoms with Crippen LogP contribution >= 0.6 is 11.3 Å². The van der Waals surface area contributed by atoms with Gasteiger partial charge in [0.1, 0.15) is 0 Å². The van der Waals surface area contributed by atoms with Crippen LogP contribution in [0.4, 0.5) is 5.69 Å². The zero-order valence-electron chi connectivity index (χ0n) is 13.2. The zero-order chi connectivity index (χ0) is 17.3. The van der Waals surface area contributed by atoms with Gasteiger partial charge in [0, 0.05) is 6.20 Å². The molecule has 3 aromatic heterocycles. The van der Waals surface area contributed by atoms with Crippen LogP contribution in [0.3, 0.4) is 0 Å². The molecule has 3 heterocycles. The zero-order valence-corrected chi connectivity index (χ0v) is 14.1. The summed E-state index contributed by atoms with van der Waals surface area (Å²) in [5, 5.41) is 17.9. The van der Waals surface area contributed by atoms with Gasteiger partial charge in [-0.3, -0.25) is 19.3 Å². The van der Waals surface area contributed by atoms with Gasteiger partial charge < -0.3 is 10.4 Å². The predicted molar refractivity (Wildman–Crippen MR) is 91.5 cm³/mol. The van der Waals surface area contributed by atoms with Gasteiger partial charge in [-0.1, -0.05) is 0 Å². The van der Waals surface area contributed by atoms with Crippen LogP contribution in [0.1, 0.15) is 28.2 Å². The number of carboxylic acid groups (broad SMARTS) is 1. The maximum absolute atomic E-state index is 12.5. The molecule has 0 radical (unpaired) electrons. The molecule has 1 amide bonds. The number of nitrogens with one attached hydrogen (secondary N) is 1. The van der Waals surface area contributed by atoms with E-state index in [1.54, 1.807) is 24.7 Å². The van der Waals surface area contributed by atoms with Crippen molar-refractivity contribution in [2.24, 2.45) is 0 Å². The van der Waals surface area contributed by atoms with Crippen LogP contribution in [0.15, 0.2) is 23.7 Å². The molecule has 124 valence electrons. The Bertz CT molecular complexity index is 929. The third-order valence-electron chi connectivity index (χ3n) is 3.72. The van der Waals surface area contributed by atoms with Crippen molar-refractivity contribution in [3.05, 3.63) is 40.7 Å². The highest BCUT2D eigenvalue weighted by molar-refractivity contribution is 7.17. The van der Waals surface area contributed by atoms with Gasteiger partial charge in [-0.2, -0.15) is 5.10 Å². The van der Waals surface area contributed by atoms with Crippen molar-refractivity contribution in [3.8, 4) is 0 Å². The number of fused-ring (bicyclic) bond motifs is 1. The average Bonchev–Trinajstić information content (AvgIpc) is 3.11. The fourth-order valence-corrected chi connectivity index (χ4v) is 3.23. The molecule has 0 bridgehead atoms. The minimum absolute atomic E-state index is 0.0195. The smallest absolute Gasteiger partial charge is 0.305 e. The Hall–Kier alpha value is -2.74. The number of aromatic nitrogens is 3. The number of amides is 1. The second kappa shape index (κ2) is 6.40. The first-order chi connectivity index (χ1) is 11.5. The molecule has 0 aromatic carbocycles. The van der Waals surface area contributed by atoms with Crippen LogP contribution < -0.4 is 5.32 Å². The lowest BCUT2D eigenvalue weighted by Crippen LogP contribution is -2.13. The molecule has 3 rings (SSSR count). The summed E-state index contributed by atoms with van der Waals surface area (Å²) in [7, 11) is 0. The Morgan fingerprint density at radius 3 is 2.92 bits per heavy atom. The normalized spacial score (nSPS) is 10.9. The number of carbonyl (C=O) groups is 2. The molecule has 0 fully saturated rings. The van der Waals surface area contributed by atoms with E-state index < -0.39 is 5.97 Å². The third kappa shape index (κ3) is 3.13. The van der Waals surface area contributed by atoms with Gasteiger partial charge in [0.2, 0.25) is 0 Å². The van der Waals surface area contributed by atoms with Crippen LogP contribution in [-0.2, 0) is 11.3 Å². The molecular formula is C16H16N4O3S. The molecule has 0 aliphatic carbocycles. The molecule has 0 aliphatic heterocycles. The highest BCUT2D eigenvalue weighted by Gasteiger charge is 2.16. The van der Waals surface area contributed by atoms with Gasteiger partial charge in [0.25, 0.3) is 5.91 Å². The van der Waals surface area contributed by atoms with Crippen LogP contribution in [0.25, 0.3) is 10.2 Å². The minimum atomic E-state index is -0.886. The minimum Gasteiger partial charge on any atom is -0.481 e. The summed E-state index contributed by atoms with van der Waals surface area (Å²) in [4.78, 5) is 27.5. The van der Waals surface area contributed by atoms with Crippen molar-refractivity contribution in [1.82, 2.24) is 14.8 Å². The molecule has 0 aliphatic rings. The van der Waals surface area contributed by atoms with Crippen molar-refractivity contribution in [3.63, 3.8) is 0 Å². The Balaban J connectivity index is 1.82. The Morgan fingerprint density at radius 2 is 2.17 bits per heavy atom. The van der Waals surface area contributed by atoms with E-state index in [4.69, 9.17) is 5.11 Å². The van der Waals surface area contributed by atoms with Crippen molar-refractivity contribution in [1.29, 1.82) is 0 Å². The first kappa shape index (κ1) is 16.1. The van der Waals surface area contributed by atoms with Crippen molar-refractivity contribution in [2.75, 3.05) is 5.32 Å². The van der Waals surface area contributed by atoms with E-state index in [1.165, 1.54) is 11.3 Å². The van der Waals surface area contributed by atoms with E-state index >= 15 is 0 Å². The summed E-state index contributed by atoms with van der Waals surface area (Å²) in [5.41, 5.74) is 3.33. The summed E-state index contributed by atoms with van der Waals surface area (Å²) in [6, 6.07) is 3.71. The maximum Gasteiger partial charge on any atom is 0.305 e. The van der Waals surface area contributed by atoms with Crippen LogP contribution in [0.2, 0.25) is 0 Å². The van der Waals surface area contributed by atoms with Crippen LogP contribution in [-0.4, -0.2) is 31.7 Å². The second-order valence-electron chi connectivity index (χ2n) is 5.39. The molecule has 8 heteroatoms. The highest BCUT2D eigenvalue weighted by Crippen LogP contribution is 2.23. The van der Waals surface area contributed by atoms with E-state index in [0.29, 0.717) is 16.9 Å². The molecule has 0 saturated carbocycles. The standard InChI is InChI=1S/C16H16N4O3S/c1-9-15(10(2)20(19-9)5-3-14(21)22)18-16(23)11-7-13-12(17-8-11)4-6-24-13/h4,6-8H,3,5H2,1-2H3,(H,18,23)(H,21,22). The number of carboxylic acids is 1. The number of pyridine rings is 1. The van der Waals surface area contributed by atoms with Crippen LogP contribution in [0.5, 0.6) is 0 Å². The Kier molecular flexibility index (Phi) is 4.30. The van der Waals surface area contributed by atoms with Crippen molar-refractivity contribution in [2.45, 2.75) is 26.8 Å².